The molecule has 1 saturated heterocycles. The third-order valence-electron chi connectivity index (χ3n) is 1.86. The van der Waals surface area contributed by atoms with Crippen LogP contribution in [0.1, 0.15) is 0 Å². The quantitative estimate of drug-likeness (QED) is 0.492. The van der Waals surface area contributed by atoms with Crippen LogP contribution in [0.5, 0.6) is 0 Å². The fourth-order valence-electron chi connectivity index (χ4n) is 1.06. The Bertz CT molecular complexity index is 126. The lowest BCUT2D eigenvalue weighted by Gasteiger charge is -2.33. The van der Waals surface area contributed by atoms with Crippen LogP contribution >= 0.6 is 0 Å². The van der Waals surface area contributed by atoms with E-state index in [9.17, 15) is 13.2 Å². The normalized spacial score (nSPS) is 24.0. The van der Waals surface area contributed by atoms with E-state index in [-0.39, 0.29) is 13.1 Å². The minimum absolute atomic E-state index is 0.0972. The molecule has 0 saturated carbocycles. The summed E-state index contributed by atoms with van der Waals surface area (Å²) in [5, 5.41) is 0. The monoisotopic (exact) mass is 168 g/mol. The average Bonchev–Trinajstić information content (AvgIpc) is 1.86. The van der Waals surface area contributed by atoms with Gasteiger partial charge in [0.25, 0.3) is 0 Å². The first-order valence-corrected chi connectivity index (χ1v) is 3.50. The Morgan fingerprint density at radius 1 is 1.00 bits per heavy atom. The van der Waals surface area contributed by atoms with Gasteiger partial charge in [0, 0.05) is 26.2 Å². The van der Waals surface area contributed by atoms with Gasteiger partial charge in [-0.05, 0) is 7.05 Å². The number of hydrogen-bond donors (Lipinski definition) is 0. The van der Waals surface area contributed by atoms with Gasteiger partial charge in [0.15, 0.2) is 0 Å². The predicted octanol–water partition coefficient (Wildman–Crippen LogP) is 0.754. The zero-order chi connectivity index (χ0) is 8.48. The molecule has 1 fully saturated rings. The van der Waals surface area contributed by atoms with Crippen molar-refractivity contribution in [3.63, 3.8) is 0 Å². The van der Waals surface area contributed by atoms with Crippen LogP contribution < -0.4 is 0 Å². The summed E-state index contributed by atoms with van der Waals surface area (Å²) < 4.78 is 35.9. The Kier molecular flexibility index (Phi) is 2.39. The van der Waals surface area contributed by atoms with Crippen LogP contribution in [0.2, 0.25) is 0 Å². The summed E-state index contributed by atoms with van der Waals surface area (Å²) in [5.41, 5.74) is 0. The molecule has 0 atom stereocenters. The lowest BCUT2D eigenvalue weighted by Crippen LogP contribution is -2.50. The van der Waals surface area contributed by atoms with Gasteiger partial charge >= 0.3 is 6.30 Å². The molecule has 1 rings (SSSR count). The summed E-state index contributed by atoms with van der Waals surface area (Å²) in [6, 6.07) is 0. The van der Waals surface area contributed by atoms with Crippen LogP contribution in [0.4, 0.5) is 13.2 Å². The Labute approximate surface area is 63.6 Å². The van der Waals surface area contributed by atoms with Gasteiger partial charge in [0.1, 0.15) is 0 Å². The maximum Gasteiger partial charge on any atom is 0.460 e. The minimum atomic E-state index is -4.14. The topological polar surface area (TPSA) is 6.48 Å². The van der Waals surface area contributed by atoms with Crippen molar-refractivity contribution in [1.29, 1.82) is 0 Å². The van der Waals surface area contributed by atoms with Crippen LogP contribution in [0.15, 0.2) is 0 Å². The van der Waals surface area contributed by atoms with Crippen molar-refractivity contribution in [2.45, 2.75) is 6.30 Å². The number of likely N-dealkylation sites (N-methyl/N-ethyl adjacent to an activating group) is 1. The zero-order valence-electron chi connectivity index (χ0n) is 6.36. The highest BCUT2D eigenvalue weighted by Crippen LogP contribution is 2.21. The summed E-state index contributed by atoms with van der Waals surface area (Å²) in [4.78, 5) is 2.44. The first-order chi connectivity index (χ1) is 5.00. The fourth-order valence-corrected chi connectivity index (χ4v) is 1.06. The number of piperazine rings is 1. The van der Waals surface area contributed by atoms with Crippen molar-refractivity contribution in [3.05, 3.63) is 0 Å². The van der Waals surface area contributed by atoms with Gasteiger partial charge in [0.2, 0.25) is 0 Å². The summed E-state index contributed by atoms with van der Waals surface area (Å²) in [6.45, 7) is 1.19. The number of alkyl halides is 3. The lowest BCUT2D eigenvalue weighted by atomic mass is 10.3. The summed E-state index contributed by atoms with van der Waals surface area (Å²) in [6.07, 6.45) is -4.14. The molecular weight excluding hydrogens is 157 g/mol. The van der Waals surface area contributed by atoms with Crippen molar-refractivity contribution in [1.82, 2.24) is 9.80 Å². The summed E-state index contributed by atoms with van der Waals surface area (Å²) >= 11 is 0. The second-order valence-corrected chi connectivity index (χ2v) is 2.76. The first-order valence-electron chi connectivity index (χ1n) is 3.50. The molecule has 0 radical (unpaired) electrons. The summed E-state index contributed by atoms with van der Waals surface area (Å²) in [5.74, 6) is 0. The Morgan fingerprint density at radius 2 is 1.45 bits per heavy atom. The summed E-state index contributed by atoms with van der Waals surface area (Å²) in [7, 11) is 1.83. The highest BCUT2D eigenvalue weighted by molar-refractivity contribution is 4.70. The molecule has 0 N–H and O–H groups in total. The van der Waals surface area contributed by atoms with Crippen LogP contribution in [-0.2, 0) is 0 Å². The molecule has 0 amide bonds. The molecular formula is C6H11F3N2. The molecule has 11 heavy (non-hydrogen) atoms. The molecule has 0 aromatic rings. The SMILES string of the molecule is CN1CCN(C(F)(F)F)CC1. The van der Waals surface area contributed by atoms with Gasteiger partial charge in [-0.1, -0.05) is 0 Å². The fraction of sp³-hybridized carbons (Fsp3) is 1.00. The van der Waals surface area contributed by atoms with E-state index in [1.165, 1.54) is 0 Å². The molecule has 5 heteroatoms. The third-order valence-corrected chi connectivity index (χ3v) is 1.86. The van der Waals surface area contributed by atoms with Crippen molar-refractivity contribution in [2.75, 3.05) is 33.2 Å². The van der Waals surface area contributed by atoms with Crippen molar-refractivity contribution in [2.24, 2.45) is 0 Å². The smallest absolute Gasteiger partial charge is 0.304 e. The molecule has 1 aliphatic rings. The molecule has 2 nitrogen and oxygen atoms in total. The zero-order valence-corrected chi connectivity index (χ0v) is 6.36. The van der Waals surface area contributed by atoms with Gasteiger partial charge in [-0.15, -0.1) is 0 Å². The highest BCUT2D eigenvalue weighted by Gasteiger charge is 2.38. The van der Waals surface area contributed by atoms with E-state index >= 15 is 0 Å². The van der Waals surface area contributed by atoms with E-state index in [1.807, 2.05) is 11.9 Å². The second kappa shape index (κ2) is 2.98. The standard InChI is InChI=1S/C6H11F3N2/c1-10-2-4-11(5-3-10)6(7,8)9/h2-5H2,1H3. The number of hydrogen-bond acceptors (Lipinski definition) is 2. The number of rotatable bonds is 0. The van der Waals surface area contributed by atoms with Crippen LogP contribution in [0.25, 0.3) is 0 Å². The molecule has 0 aromatic carbocycles. The Hall–Kier alpha value is -0.290. The van der Waals surface area contributed by atoms with E-state index in [2.05, 4.69) is 0 Å². The Morgan fingerprint density at radius 3 is 1.82 bits per heavy atom. The van der Waals surface area contributed by atoms with Crippen LogP contribution in [-0.4, -0.2) is 49.3 Å². The molecule has 1 heterocycles. The minimum Gasteiger partial charge on any atom is -0.304 e. The van der Waals surface area contributed by atoms with Crippen molar-refractivity contribution in [3.8, 4) is 0 Å². The maximum absolute atomic E-state index is 12.0. The van der Waals surface area contributed by atoms with E-state index in [1.54, 1.807) is 0 Å². The van der Waals surface area contributed by atoms with E-state index in [0.717, 1.165) is 0 Å². The van der Waals surface area contributed by atoms with E-state index < -0.39 is 6.30 Å². The van der Waals surface area contributed by atoms with Crippen LogP contribution in [0.3, 0.4) is 0 Å². The van der Waals surface area contributed by atoms with Crippen molar-refractivity contribution < 1.29 is 13.2 Å². The highest BCUT2D eigenvalue weighted by atomic mass is 19.4. The molecule has 66 valence electrons. The molecule has 0 spiro atoms. The van der Waals surface area contributed by atoms with Crippen molar-refractivity contribution >= 4 is 0 Å². The largest absolute Gasteiger partial charge is 0.460 e. The van der Waals surface area contributed by atoms with Gasteiger partial charge in [-0.2, -0.15) is 13.2 Å². The average molecular weight is 168 g/mol. The van der Waals surface area contributed by atoms with Gasteiger partial charge in [-0.3, -0.25) is 0 Å². The molecule has 0 aromatic heterocycles. The van der Waals surface area contributed by atoms with Gasteiger partial charge < -0.3 is 4.90 Å². The van der Waals surface area contributed by atoms with Crippen LogP contribution in [0, 0.1) is 0 Å². The number of halogens is 3. The number of nitrogens with zero attached hydrogens (tertiary/aromatic N) is 2. The molecule has 1 aliphatic heterocycles. The first kappa shape index (κ1) is 8.80. The maximum atomic E-state index is 12.0. The third kappa shape index (κ3) is 2.34. The Balaban J connectivity index is 2.39. The predicted molar refractivity (Wildman–Crippen MR) is 35.1 cm³/mol. The molecule has 0 unspecified atom stereocenters. The second-order valence-electron chi connectivity index (χ2n) is 2.76. The van der Waals surface area contributed by atoms with Gasteiger partial charge in [0.05, 0.1) is 0 Å². The molecule has 0 bridgehead atoms. The van der Waals surface area contributed by atoms with E-state index in [0.29, 0.717) is 18.0 Å². The lowest BCUT2D eigenvalue weighted by molar-refractivity contribution is -0.251. The van der Waals surface area contributed by atoms with E-state index in [4.69, 9.17) is 0 Å². The van der Waals surface area contributed by atoms with Gasteiger partial charge in [-0.25, -0.2) is 4.90 Å². The molecule has 0 aliphatic carbocycles.